The van der Waals surface area contributed by atoms with Crippen molar-refractivity contribution in [3.05, 3.63) is 50.5 Å². The van der Waals surface area contributed by atoms with Crippen LogP contribution in [0, 0.1) is 0 Å². The van der Waals surface area contributed by atoms with Gasteiger partial charge in [0, 0.05) is 86.0 Å². The molecule has 3 N–H and O–H groups in total. The second-order valence-electron chi connectivity index (χ2n) is 12.5. The number of carbonyl (C=O) groups excluding carboxylic acids is 2. The summed E-state index contributed by atoms with van der Waals surface area (Å²) in [6.07, 6.45) is 10.7. The quantitative estimate of drug-likeness (QED) is 0.318. The molecule has 7 rings (SSSR count). The van der Waals surface area contributed by atoms with E-state index in [2.05, 4.69) is 37.6 Å². The predicted molar refractivity (Wildman–Crippen MR) is 165 cm³/mol. The van der Waals surface area contributed by atoms with Crippen molar-refractivity contribution in [1.29, 1.82) is 0 Å². The molecule has 0 radical (unpaired) electrons. The molecule has 0 saturated heterocycles. The molecule has 8 heteroatoms. The van der Waals surface area contributed by atoms with Crippen LogP contribution >= 0.6 is 0 Å². The Kier molecular flexibility index (Phi) is 7.55. The zero-order valence-corrected chi connectivity index (χ0v) is 25.0. The van der Waals surface area contributed by atoms with Gasteiger partial charge in [0.2, 0.25) is 17.2 Å². The minimum atomic E-state index is -0.00676. The molecule has 5 aliphatic heterocycles. The average molecular weight is 571 g/mol. The molecule has 0 spiro atoms. The summed E-state index contributed by atoms with van der Waals surface area (Å²) in [7, 11) is 0. The van der Waals surface area contributed by atoms with Gasteiger partial charge >= 0.3 is 0 Å². The number of hydrogen-bond acceptors (Lipinski definition) is 5. The van der Waals surface area contributed by atoms with Gasteiger partial charge in [0.05, 0.1) is 11.3 Å². The van der Waals surface area contributed by atoms with Gasteiger partial charge in [-0.15, -0.1) is 0 Å². The van der Waals surface area contributed by atoms with Gasteiger partial charge in [0.25, 0.3) is 0 Å². The van der Waals surface area contributed by atoms with E-state index >= 15 is 0 Å². The summed E-state index contributed by atoms with van der Waals surface area (Å²) in [4.78, 5) is 27.0. The lowest BCUT2D eigenvalue weighted by Gasteiger charge is -2.39. The van der Waals surface area contributed by atoms with E-state index in [9.17, 15) is 9.59 Å². The highest BCUT2D eigenvalue weighted by Crippen LogP contribution is 2.46. The summed E-state index contributed by atoms with van der Waals surface area (Å²) in [6, 6.07) is 4.76. The second-order valence-corrected chi connectivity index (χ2v) is 12.5. The van der Waals surface area contributed by atoms with Crippen molar-refractivity contribution in [2.45, 2.75) is 77.6 Å². The normalized spacial score (nSPS) is 17.8. The van der Waals surface area contributed by atoms with Crippen molar-refractivity contribution in [3.8, 4) is 11.5 Å². The number of aryl methyl sites for hydroxylation is 2. The van der Waals surface area contributed by atoms with Crippen molar-refractivity contribution < 1.29 is 14.3 Å². The van der Waals surface area contributed by atoms with Gasteiger partial charge in [-0.1, -0.05) is 6.92 Å². The van der Waals surface area contributed by atoms with Gasteiger partial charge in [-0.05, 0) is 62.6 Å². The highest BCUT2D eigenvalue weighted by Gasteiger charge is 2.35. The third-order valence-electron chi connectivity index (χ3n) is 9.59. The molecule has 0 fully saturated rings. The van der Waals surface area contributed by atoms with Crippen LogP contribution in [0.5, 0.6) is 11.5 Å². The molecule has 0 bridgehead atoms. The fourth-order valence-electron chi connectivity index (χ4n) is 7.81. The molecule has 8 nitrogen and oxygen atoms in total. The number of nitrogens with one attached hydrogen (secondary N) is 3. The molecule has 5 heterocycles. The van der Waals surface area contributed by atoms with E-state index in [1.54, 1.807) is 0 Å². The largest absolute Gasteiger partial charge is 0.455 e. The number of amides is 2. The molecule has 0 aromatic heterocycles. The van der Waals surface area contributed by atoms with Crippen LogP contribution in [0.3, 0.4) is 0 Å². The smallest absolute Gasteiger partial charge is 0.221 e. The van der Waals surface area contributed by atoms with Gasteiger partial charge in [0.1, 0.15) is 24.6 Å². The summed E-state index contributed by atoms with van der Waals surface area (Å²) >= 11 is 0. The lowest BCUT2D eigenvalue weighted by Crippen LogP contribution is -2.45. The first-order valence-corrected chi connectivity index (χ1v) is 16.3. The van der Waals surface area contributed by atoms with Crippen molar-refractivity contribution in [3.63, 3.8) is 0 Å². The summed E-state index contributed by atoms with van der Waals surface area (Å²) in [5, 5.41) is 12.2. The maximum Gasteiger partial charge on any atom is 0.221 e. The Morgan fingerprint density at radius 3 is 2.36 bits per heavy atom. The number of rotatable bonds is 9. The Morgan fingerprint density at radius 1 is 0.833 bits per heavy atom. The van der Waals surface area contributed by atoms with E-state index in [1.165, 1.54) is 46.1 Å². The Labute approximate surface area is 248 Å². The van der Waals surface area contributed by atoms with Crippen molar-refractivity contribution in [1.82, 2.24) is 20.5 Å². The van der Waals surface area contributed by atoms with Crippen LogP contribution in [-0.4, -0.2) is 57.6 Å². The zero-order chi connectivity index (χ0) is 28.6. The van der Waals surface area contributed by atoms with E-state index in [-0.39, 0.29) is 11.8 Å². The van der Waals surface area contributed by atoms with Crippen molar-refractivity contribution >= 4 is 23.2 Å². The predicted octanol–water partition coefficient (Wildman–Crippen LogP) is 2.04. The van der Waals surface area contributed by atoms with Gasteiger partial charge < -0.3 is 25.6 Å². The summed E-state index contributed by atoms with van der Waals surface area (Å²) < 4.78 is 9.63. The molecule has 0 aliphatic carbocycles. The zero-order valence-electron chi connectivity index (χ0n) is 25.0. The number of benzene rings is 2. The SMILES string of the molecule is CCCC(=O)NCCNC(=O)CCNC1=c2cc3c4c(c2Oc2c1cc1c5c2CCCN5CCC1)CCC[N+]=4CCC3. The Morgan fingerprint density at radius 2 is 1.55 bits per heavy atom. The van der Waals surface area contributed by atoms with Crippen LogP contribution < -0.4 is 40.7 Å². The van der Waals surface area contributed by atoms with E-state index in [1.807, 2.05) is 6.92 Å². The number of ether oxygens (including phenoxy) is 1. The van der Waals surface area contributed by atoms with Crippen molar-refractivity contribution in [2.75, 3.05) is 50.7 Å². The second kappa shape index (κ2) is 11.6. The van der Waals surface area contributed by atoms with Gasteiger partial charge in [-0.3, -0.25) is 9.59 Å². The molecule has 2 amide bonds. The first-order chi connectivity index (χ1) is 20.6. The first kappa shape index (κ1) is 27.3. The minimum absolute atomic E-state index is 0.00676. The summed E-state index contributed by atoms with van der Waals surface area (Å²) in [6.45, 7) is 7.97. The molecule has 2 aromatic carbocycles. The molecule has 2 aromatic rings. The average Bonchev–Trinajstić information content (AvgIpc) is 3.00. The number of carbonyl (C=O) groups is 2. The number of fused-ring (bicyclic) bond motifs is 4. The maximum atomic E-state index is 12.7. The fraction of sp³-hybridized carbons (Fsp3) is 0.559. The van der Waals surface area contributed by atoms with Crippen LogP contribution in [-0.2, 0) is 35.3 Å². The fourth-order valence-corrected chi connectivity index (χ4v) is 7.81. The number of nitrogens with zero attached hydrogens (tertiary/aromatic N) is 2. The van der Waals surface area contributed by atoms with Crippen LogP contribution in [0.2, 0.25) is 0 Å². The Hall–Kier alpha value is -3.55. The van der Waals surface area contributed by atoms with E-state index < -0.39 is 0 Å². The Balaban J connectivity index is 1.22. The minimum Gasteiger partial charge on any atom is -0.455 e. The lowest BCUT2D eigenvalue weighted by atomic mass is 9.86. The monoisotopic (exact) mass is 570 g/mol. The maximum absolute atomic E-state index is 12.7. The highest BCUT2D eigenvalue weighted by molar-refractivity contribution is 5.82. The molecular formula is C34H44N5O3+. The van der Waals surface area contributed by atoms with Gasteiger partial charge in [-0.2, -0.15) is 0 Å². The summed E-state index contributed by atoms with van der Waals surface area (Å²) in [5.41, 5.74) is 9.33. The van der Waals surface area contributed by atoms with Crippen LogP contribution in [0.25, 0.3) is 5.70 Å². The third kappa shape index (κ3) is 4.92. The topological polar surface area (TPSA) is 85.7 Å². The van der Waals surface area contributed by atoms with Crippen LogP contribution in [0.4, 0.5) is 5.69 Å². The van der Waals surface area contributed by atoms with Crippen molar-refractivity contribution in [2.24, 2.45) is 0 Å². The van der Waals surface area contributed by atoms with E-state index in [4.69, 9.17) is 4.74 Å². The highest BCUT2D eigenvalue weighted by atomic mass is 16.5. The Bertz CT molecular complexity index is 1560. The molecule has 42 heavy (non-hydrogen) atoms. The summed E-state index contributed by atoms with van der Waals surface area (Å²) in [5.74, 6) is 2.10. The van der Waals surface area contributed by atoms with Crippen LogP contribution in [0.1, 0.15) is 79.7 Å². The molecule has 0 saturated carbocycles. The van der Waals surface area contributed by atoms with Gasteiger partial charge in [0.15, 0.2) is 0 Å². The van der Waals surface area contributed by atoms with Gasteiger partial charge in [-0.25, -0.2) is 4.58 Å². The molecule has 5 aliphatic rings. The lowest BCUT2D eigenvalue weighted by molar-refractivity contribution is -0.122. The molecular weight excluding hydrogens is 526 g/mol. The molecule has 222 valence electrons. The number of hydrogen-bond donors (Lipinski definition) is 3. The first-order valence-electron chi connectivity index (χ1n) is 16.3. The molecule has 0 unspecified atom stereocenters. The number of anilines is 1. The van der Waals surface area contributed by atoms with E-state index in [0.717, 1.165) is 99.1 Å². The standard InChI is InChI=1S/C34H43N5O3/c1-2-7-28(40)35-14-15-36-29(41)12-13-37-30-26-20-22-8-3-16-38-18-5-10-24(31(22)38)33(26)42-34-25-11-6-19-39-17-4-9-23(32(25)39)21-27(30)34/h20-21H,2-19H2,1H3,(H2,35,36,40,41)/p+1. The molecule has 0 atom stereocenters. The van der Waals surface area contributed by atoms with E-state index in [0.29, 0.717) is 32.5 Å². The third-order valence-corrected chi connectivity index (χ3v) is 9.59. The van der Waals surface area contributed by atoms with Crippen LogP contribution in [0.15, 0.2) is 12.1 Å².